The first kappa shape index (κ1) is 10.3. The van der Waals surface area contributed by atoms with Crippen LogP contribution in [0.4, 0.5) is 4.79 Å². The number of carbonyl (C=O) groups excluding carboxylic acids is 1. The van der Waals surface area contributed by atoms with Crippen LogP contribution in [-0.4, -0.2) is 32.3 Å². The summed E-state index contributed by atoms with van der Waals surface area (Å²) in [6.07, 6.45) is 2.04. The van der Waals surface area contributed by atoms with Gasteiger partial charge < -0.3 is 15.4 Å². The molecule has 0 spiro atoms. The zero-order chi connectivity index (χ0) is 9.68. The van der Waals surface area contributed by atoms with Crippen LogP contribution >= 0.6 is 0 Å². The van der Waals surface area contributed by atoms with Gasteiger partial charge in [-0.05, 0) is 38.8 Å². The smallest absolute Gasteiger partial charge is 0.407 e. The van der Waals surface area contributed by atoms with Crippen LogP contribution in [0.1, 0.15) is 19.8 Å². The van der Waals surface area contributed by atoms with Gasteiger partial charge in [0.05, 0.1) is 7.11 Å². The molecule has 1 amide bonds. The SMILES string of the molecule is COC(=O)NC(C)C1CCCNC1. The van der Waals surface area contributed by atoms with Gasteiger partial charge in [0.25, 0.3) is 0 Å². The highest BCUT2D eigenvalue weighted by Crippen LogP contribution is 2.13. The maximum atomic E-state index is 10.9. The van der Waals surface area contributed by atoms with Crippen molar-refractivity contribution < 1.29 is 9.53 Å². The molecule has 1 rings (SSSR count). The van der Waals surface area contributed by atoms with E-state index in [4.69, 9.17) is 0 Å². The Kier molecular flexibility index (Phi) is 4.02. The van der Waals surface area contributed by atoms with Gasteiger partial charge in [-0.1, -0.05) is 0 Å². The molecule has 13 heavy (non-hydrogen) atoms. The average Bonchev–Trinajstić information content (AvgIpc) is 2.19. The molecule has 0 aromatic rings. The molecule has 0 bridgehead atoms. The van der Waals surface area contributed by atoms with Crippen molar-refractivity contribution in [2.24, 2.45) is 5.92 Å². The summed E-state index contributed by atoms with van der Waals surface area (Å²) in [7, 11) is 1.39. The van der Waals surface area contributed by atoms with Gasteiger partial charge in [0, 0.05) is 6.04 Å². The quantitative estimate of drug-likeness (QED) is 0.668. The Morgan fingerprint density at radius 1 is 1.69 bits per heavy atom. The summed E-state index contributed by atoms with van der Waals surface area (Å²) in [6, 6.07) is 0.195. The van der Waals surface area contributed by atoms with Crippen LogP contribution in [0.15, 0.2) is 0 Å². The number of hydrogen-bond acceptors (Lipinski definition) is 3. The highest BCUT2D eigenvalue weighted by Gasteiger charge is 2.21. The van der Waals surface area contributed by atoms with Crippen molar-refractivity contribution in [3.05, 3.63) is 0 Å². The van der Waals surface area contributed by atoms with E-state index >= 15 is 0 Å². The molecule has 76 valence electrons. The standard InChI is InChI=1S/C9H18N2O2/c1-7(11-9(12)13-2)8-4-3-5-10-6-8/h7-8,10H,3-6H2,1-2H3,(H,11,12). The van der Waals surface area contributed by atoms with Crippen LogP contribution in [0.25, 0.3) is 0 Å². The summed E-state index contributed by atoms with van der Waals surface area (Å²) in [6.45, 7) is 4.11. The molecule has 4 nitrogen and oxygen atoms in total. The van der Waals surface area contributed by atoms with Crippen LogP contribution < -0.4 is 10.6 Å². The summed E-state index contributed by atoms with van der Waals surface area (Å²) >= 11 is 0. The maximum absolute atomic E-state index is 10.9. The minimum absolute atomic E-state index is 0.195. The molecule has 1 saturated heterocycles. The topological polar surface area (TPSA) is 50.4 Å². The molecule has 1 heterocycles. The van der Waals surface area contributed by atoms with Crippen LogP contribution in [0, 0.1) is 5.92 Å². The molecule has 4 heteroatoms. The molecule has 0 saturated carbocycles. The second kappa shape index (κ2) is 5.07. The summed E-state index contributed by atoms with van der Waals surface area (Å²) in [4.78, 5) is 10.9. The van der Waals surface area contributed by atoms with Gasteiger partial charge in [-0.25, -0.2) is 4.79 Å². The van der Waals surface area contributed by atoms with Crippen molar-refractivity contribution in [1.29, 1.82) is 0 Å². The number of carbonyl (C=O) groups is 1. The summed E-state index contributed by atoms with van der Waals surface area (Å²) < 4.78 is 4.54. The second-order valence-electron chi connectivity index (χ2n) is 3.53. The summed E-state index contributed by atoms with van der Waals surface area (Å²) in [5.74, 6) is 0.535. The van der Waals surface area contributed by atoms with Gasteiger partial charge in [-0.3, -0.25) is 0 Å². The van der Waals surface area contributed by atoms with E-state index in [0.717, 1.165) is 13.1 Å². The van der Waals surface area contributed by atoms with Crippen molar-refractivity contribution in [3.63, 3.8) is 0 Å². The third-order valence-electron chi connectivity index (χ3n) is 2.57. The lowest BCUT2D eigenvalue weighted by atomic mass is 9.93. The Labute approximate surface area is 79.0 Å². The average molecular weight is 186 g/mol. The number of nitrogens with one attached hydrogen (secondary N) is 2. The number of hydrogen-bond donors (Lipinski definition) is 2. The Hall–Kier alpha value is -0.770. The Morgan fingerprint density at radius 3 is 3.00 bits per heavy atom. The molecular formula is C9H18N2O2. The van der Waals surface area contributed by atoms with Crippen molar-refractivity contribution in [2.75, 3.05) is 20.2 Å². The van der Waals surface area contributed by atoms with Gasteiger partial charge in [0.1, 0.15) is 0 Å². The minimum atomic E-state index is -0.335. The van der Waals surface area contributed by atoms with E-state index in [1.807, 2.05) is 6.92 Å². The fraction of sp³-hybridized carbons (Fsp3) is 0.889. The molecule has 2 unspecified atom stereocenters. The molecule has 0 aliphatic carbocycles. The second-order valence-corrected chi connectivity index (χ2v) is 3.53. The molecule has 1 aliphatic heterocycles. The van der Waals surface area contributed by atoms with Crippen molar-refractivity contribution in [2.45, 2.75) is 25.8 Å². The highest BCUT2D eigenvalue weighted by molar-refractivity contribution is 5.67. The molecule has 0 radical (unpaired) electrons. The minimum Gasteiger partial charge on any atom is -0.453 e. The van der Waals surface area contributed by atoms with Gasteiger partial charge in [0.2, 0.25) is 0 Å². The predicted octanol–water partition coefficient (Wildman–Crippen LogP) is 0.730. The van der Waals surface area contributed by atoms with Gasteiger partial charge in [0.15, 0.2) is 0 Å². The first-order chi connectivity index (χ1) is 6.24. The number of alkyl carbamates (subject to hydrolysis) is 1. The van der Waals surface area contributed by atoms with E-state index in [-0.39, 0.29) is 12.1 Å². The van der Waals surface area contributed by atoms with Crippen molar-refractivity contribution in [3.8, 4) is 0 Å². The predicted molar refractivity (Wildman–Crippen MR) is 50.6 cm³/mol. The molecule has 0 aromatic carbocycles. The largest absolute Gasteiger partial charge is 0.453 e. The van der Waals surface area contributed by atoms with Crippen LogP contribution in [0.3, 0.4) is 0 Å². The molecule has 0 aromatic heterocycles. The van der Waals surface area contributed by atoms with Crippen molar-refractivity contribution >= 4 is 6.09 Å². The lowest BCUT2D eigenvalue weighted by Crippen LogP contribution is -2.44. The summed E-state index contributed by atoms with van der Waals surface area (Å²) in [5.41, 5.74) is 0. The zero-order valence-corrected chi connectivity index (χ0v) is 8.30. The van der Waals surface area contributed by atoms with Crippen LogP contribution in [-0.2, 0) is 4.74 Å². The lowest BCUT2D eigenvalue weighted by Gasteiger charge is -2.28. The highest BCUT2D eigenvalue weighted by atomic mass is 16.5. The monoisotopic (exact) mass is 186 g/mol. The number of methoxy groups -OCH3 is 1. The van der Waals surface area contributed by atoms with E-state index < -0.39 is 0 Å². The first-order valence-electron chi connectivity index (χ1n) is 4.79. The molecular weight excluding hydrogens is 168 g/mol. The lowest BCUT2D eigenvalue weighted by molar-refractivity contribution is 0.160. The van der Waals surface area contributed by atoms with Gasteiger partial charge in [-0.2, -0.15) is 0 Å². The normalized spacial score (nSPS) is 24.9. The van der Waals surface area contributed by atoms with Crippen molar-refractivity contribution in [1.82, 2.24) is 10.6 Å². The summed E-state index contributed by atoms with van der Waals surface area (Å²) in [5, 5.41) is 6.11. The zero-order valence-electron chi connectivity index (χ0n) is 8.30. The number of ether oxygens (including phenoxy) is 1. The molecule has 2 N–H and O–H groups in total. The fourth-order valence-corrected chi connectivity index (χ4v) is 1.67. The van der Waals surface area contributed by atoms with Crippen LogP contribution in [0.2, 0.25) is 0 Å². The van der Waals surface area contributed by atoms with Gasteiger partial charge in [-0.15, -0.1) is 0 Å². The van der Waals surface area contributed by atoms with Gasteiger partial charge >= 0.3 is 6.09 Å². The molecule has 1 fully saturated rings. The maximum Gasteiger partial charge on any atom is 0.407 e. The number of piperidine rings is 1. The molecule has 1 aliphatic rings. The van der Waals surface area contributed by atoms with E-state index in [0.29, 0.717) is 5.92 Å². The third-order valence-corrected chi connectivity index (χ3v) is 2.57. The fourth-order valence-electron chi connectivity index (χ4n) is 1.67. The van der Waals surface area contributed by atoms with E-state index in [1.165, 1.54) is 20.0 Å². The Morgan fingerprint density at radius 2 is 2.46 bits per heavy atom. The Bertz CT molecular complexity index is 167. The number of amides is 1. The number of rotatable bonds is 2. The Balaban J connectivity index is 2.28. The van der Waals surface area contributed by atoms with E-state index in [9.17, 15) is 4.79 Å². The van der Waals surface area contributed by atoms with Crippen LogP contribution in [0.5, 0.6) is 0 Å². The molecule has 2 atom stereocenters. The van der Waals surface area contributed by atoms with E-state index in [2.05, 4.69) is 15.4 Å². The third kappa shape index (κ3) is 3.22. The van der Waals surface area contributed by atoms with E-state index in [1.54, 1.807) is 0 Å². The first-order valence-corrected chi connectivity index (χ1v) is 4.79.